The van der Waals surface area contributed by atoms with Gasteiger partial charge >= 0.3 is 0 Å². The number of rotatable bonds is 9. The van der Waals surface area contributed by atoms with Crippen LogP contribution >= 0.6 is 0 Å². The molecule has 6 heteroatoms. The summed E-state index contributed by atoms with van der Waals surface area (Å²) in [4.78, 5) is 23.8. The van der Waals surface area contributed by atoms with E-state index < -0.39 is 0 Å². The Morgan fingerprint density at radius 1 is 1.04 bits per heavy atom. The smallest absolute Gasteiger partial charge is 0.229 e. The maximum absolute atomic E-state index is 11.9. The summed E-state index contributed by atoms with van der Waals surface area (Å²) in [6, 6.07) is 5.43. The predicted molar refractivity (Wildman–Crippen MR) is 100 cm³/mol. The van der Waals surface area contributed by atoms with E-state index in [0.29, 0.717) is 24.6 Å². The number of nitrogens with one attached hydrogen (secondary N) is 2. The number of carbonyl (C=O) groups excluding carboxylic acids is 2. The average Bonchev–Trinajstić information content (AvgIpc) is 2.67. The summed E-state index contributed by atoms with van der Waals surface area (Å²) in [5, 5.41) is 5.57. The van der Waals surface area contributed by atoms with Crippen molar-refractivity contribution in [1.82, 2.24) is 10.6 Å². The van der Waals surface area contributed by atoms with Gasteiger partial charge in [-0.05, 0) is 49.8 Å². The Hall–Kier alpha value is -2.50. The molecule has 0 saturated carbocycles. The molecule has 2 rings (SSSR count). The fourth-order valence-electron chi connectivity index (χ4n) is 2.96. The van der Waals surface area contributed by atoms with Gasteiger partial charge in [-0.2, -0.15) is 0 Å². The van der Waals surface area contributed by atoms with E-state index in [9.17, 15) is 9.59 Å². The van der Waals surface area contributed by atoms with Crippen molar-refractivity contribution in [2.45, 2.75) is 45.1 Å². The zero-order chi connectivity index (χ0) is 18.8. The summed E-state index contributed by atoms with van der Waals surface area (Å²) >= 11 is 0. The molecule has 0 unspecified atom stereocenters. The van der Waals surface area contributed by atoms with E-state index in [-0.39, 0.29) is 18.2 Å². The summed E-state index contributed by atoms with van der Waals surface area (Å²) in [7, 11) is 3.14. The monoisotopic (exact) mass is 360 g/mol. The summed E-state index contributed by atoms with van der Waals surface area (Å²) in [6.45, 7) is 0.924. The van der Waals surface area contributed by atoms with E-state index in [1.54, 1.807) is 26.4 Å². The molecule has 0 aromatic heterocycles. The van der Waals surface area contributed by atoms with Crippen molar-refractivity contribution in [2.75, 3.05) is 20.8 Å². The van der Waals surface area contributed by atoms with Crippen molar-refractivity contribution in [2.24, 2.45) is 0 Å². The third kappa shape index (κ3) is 6.43. The SMILES string of the molecule is COc1ccc(CNC(=O)CC(=O)NCCC2=CCCCC2)cc1OC. The fourth-order valence-corrected chi connectivity index (χ4v) is 2.96. The van der Waals surface area contributed by atoms with Gasteiger partial charge in [0.2, 0.25) is 11.8 Å². The van der Waals surface area contributed by atoms with E-state index in [4.69, 9.17) is 9.47 Å². The van der Waals surface area contributed by atoms with Crippen molar-refractivity contribution in [3.8, 4) is 11.5 Å². The Morgan fingerprint density at radius 3 is 2.50 bits per heavy atom. The highest BCUT2D eigenvalue weighted by Crippen LogP contribution is 2.27. The normalized spacial score (nSPS) is 13.5. The maximum atomic E-state index is 11.9. The lowest BCUT2D eigenvalue weighted by atomic mass is 9.97. The quantitative estimate of drug-likeness (QED) is 0.524. The molecule has 0 bridgehead atoms. The molecule has 0 aliphatic heterocycles. The number of hydrogen-bond donors (Lipinski definition) is 2. The fraction of sp³-hybridized carbons (Fsp3) is 0.500. The minimum Gasteiger partial charge on any atom is -0.493 e. The molecule has 1 aliphatic rings. The maximum Gasteiger partial charge on any atom is 0.229 e. The van der Waals surface area contributed by atoms with Gasteiger partial charge in [0.05, 0.1) is 14.2 Å². The van der Waals surface area contributed by atoms with Crippen molar-refractivity contribution < 1.29 is 19.1 Å². The topological polar surface area (TPSA) is 76.7 Å². The van der Waals surface area contributed by atoms with Crippen LogP contribution in [0.1, 0.15) is 44.1 Å². The minimum absolute atomic E-state index is 0.160. The molecule has 2 N–H and O–H groups in total. The third-order valence-electron chi connectivity index (χ3n) is 4.41. The summed E-state index contributed by atoms with van der Waals surface area (Å²) < 4.78 is 10.4. The van der Waals surface area contributed by atoms with Gasteiger partial charge in [0.25, 0.3) is 0 Å². The van der Waals surface area contributed by atoms with Crippen molar-refractivity contribution >= 4 is 11.8 Å². The van der Waals surface area contributed by atoms with E-state index in [1.165, 1.54) is 18.4 Å². The van der Waals surface area contributed by atoms with Crippen LogP contribution in [-0.4, -0.2) is 32.6 Å². The highest BCUT2D eigenvalue weighted by molar-refractivity contribution is 5.96. The number of benzene rings is 1. The molecule has 0 heterocycles. The van der Waals surface area contributed by atoms with Gasteiger partial charge < -0.3 is 20.1 Å². The number of methoxy groups -OCH3 is 2. The average molecular weight is 360 g/mol. The van der Waals surface area contributed by atoms with Crippen LogP contribution < -0.4 is 20.1 Å². The zero-order valence-corrected chi connectivity index (χ0v) is 15.6. The second-order valence-corrected chi connectivity index (χ2v) is 6.35. The van der Waals surface area contributed by atoms with E-state index in [0.717, 1.165) is 24.8 Å². The summed E-state index contributed by atoms with van der Waals surface area (Å²) in [5.74, 6) is 0.699. The lowest BCUT2D eigenvalue weighted by Gasteiger charge is -2.13. The highest BCUT2D eigenvalue weighted by Gasteiger charge is 2.11. The Morgan fingerprint density at radius 2 is 1.81 bits per heavy atom. The molecule has 6 nitrogen and oxygen atoms in total. The molecular weight excluding hydrogens is 332 g/mol. The first-order chi connectivity index (χ1) is 12.6. The van der Waals surface area contributed by atoms with E-state index in [2.05, 4.69) is 16.7 Å². The van der Waals surface area contributed by atoms with Crippen LogP contribution in [0.15, 0.2) is 29.8 Å². The molecular formula is C20H28N2O4. The molecule has 1 aromatic carbocycles. The Bertz CT molecular complexity index is 655. The molecule has 0 fully saturated rings. The Kier molecular flexibility index (Phi) is 7.99. The van der Waals surface area contributed by atoms with Gasteiger partial charge in [-0.1, -0.05) is 17.7 Å². The van der Waals surface area contributed by atoms with E-state index in [1.807, 2.05) is 6.07 Å². The lowest BCUT2D eigenvalue weighted by molar-refractivity contribution is -0.129. The van der Waals surface area contributed by atoms with Crippen LogP contribution in [0.4, 0.5) is 0 Å². The van der Waals surface area contributed by atoms with Crippen LogP contribution in [-0.2, 0) is 16.1 Å². The Labute approximate surface area is 154 Å². The van der Waals surface area contributed by atoms with Gasteiger partial charge in [0.1, 0.15) is 6.42 Å². The minimum atomic E-state index is -0.297. The molecule has 0 saturated heterocycles. The molecule has 142 valence electrons. The predicted octanol–water partition coefficient (Wildman–Crippen LogP) is 2.72. The van der Waals surface area contributed by atoms with Crippen molar-refractivity contribution in [3.63, 3.8) is 0 Å². The number of ether oxygens (including phenoxy) is 2. The molecule has 1 aliphatic carbocycles. The molecule has 1 aromatic rings. The van der Waals surface area contributed by atoms with Gasteiger partial charge in [0, 0.05) is 13.1 Å². The zero-order valence-electron chi connectivity index (χ0n) is 15.6. The van der Waals surface area contributed by atoms with Gasteiger partial charge in [-0.3, -0.25) is 9.59 Å². The first kappa shape index (κ1) is 19.8. The van der Waals surface area contributed by atoms with Crippen molar-refractivity contribution in [3.05, 3.63) is 35.4 Å². The van der Waals surface area contributed by atoms with Gasteiger partial charge in [-0.25, -0.2) is 0 Å². The van der Waals surface area contributed by atoms with Crippen LogP contribution in [0.2, 0.25) is 0 Å². The molecule has 0 spiro atoms. The van der Waals surface area contributed by atoms with Crippen LogP contribution in [0.5, 0.6) is 11.5 Å². The summed E-state index contributed by atoms with van der Waals surface area (Å²) in [6.07, 6.45) is 7.74. The molecule has 2 amide bonds. The molecule has 26 heavy (non-hydrogen) atoms. The van der Waals surface area contributed by atoms with Crippen LogP contribution in [0, 0.1) is 0 Å². The number of amides is 2. The first-order valence-electron chi connectivity index (χ1n) is 9.04. The highest BCUT2D eigenvalue weighted by atomic mass is 16.5. The molecule has 0 atom stereocenters. The first-order valence-corrected chi connectivity index (χ1v) is 9.04. The number of hydrogen-bond acceptors (Lipinski definition) is 4. The largest absolute Gasteiger partial charge is 0.493 e. The lowest BCUT2D eigenvalue weighted by Crippen LogP contribution is -2.32. The van der Waals surface area contributed by atoms with Crippen LogP contribution in [0.25, 0.3) is 0 Å². The third-order valence-corrected chi connectivity index (χ3v) is 4.41. The van der Waals surface area contributed by atoms with Gasteiger partial charge in [-0.15, -0.1) is 0 Å². The van der Waals surface area contributed by atoms with Crippen molar-refractivity contribution in [1.29, 1.82) is 0 Å². The Balaban J connectivity index is 1.69. The number of carbonyl (C=O) groups is 2. The second-order valence-electron chi connectivity index (χ2n) is 6.35. The molecule has 0 radical (unpaired) electrons. The second kappa shape index (κ2) is 10.5. The van der Waals surface area contributed by atoms with E-state index >= 15 is 0 Å². The number of allylic oxidation sites excluding steroid dienone is 1. The van der Waals surface area contributed by atoms with Gasteiger partial charge in [0.15, 0.2) is 11.5 Å². The standard InChI is InChI=1S/C20H28N2O4/c1-25-17-9-8-16(12-18(17)26-2)14-22-20(24)13-19(23)21-11-10-15-6-4-3-5-7-15/h6,8-9,12H,3-5,7,10-11,13-14H2,1-2H3,(H,21,23)(H,22,24). The van der Waals surface area contributed by atoms with Crippen LogP contribution in [0.3, 0.4) is 0 Å². The summed E-state index contributed by atoms with van der Waals surface area (Å²) in [5.41, 5.74) is 2.29.